The second-order valence-corrected chi connectivity index (χ2v) is 18.8. The van der Waals surface area contributed by atoms with E-state index in [1.807, 2.05) is 12.2 Å². The zero-order chi connectivity index (χ0) is 53.6. The lowest BCUT2D eigenvalue weighted by Gasteiger charge is -2.18. The molecule has 0 aliphatic rings. The van der Waals surface area contributed by atoms with Gasteiger partial charge < -0.3 is 14.2 Å². The highest BCUT2D eigenvalue weighted by atomic mass is 16.6. The second kappa shape index (κ2) is 60.6. The van der Waals surface area contributed by atoms with Gasteiger partial charge in [-0.15, -0.1) is 0 Å². The first kappa shape index (κ1) is 69.0. The largest absolute Gasteiger partial charge is 0.462 e. The maximum atomic E-state index is 12.8. The summed E-state index contributed by atoms with van der Waals surface area (Å²) in [5.74, 6) is -1.05. The molecule has 0 saturated carbocycles. The van der Waals surface area contributed by atoms with Crippen LogP contribution in [0.25, 0.3) is 0 Å². The summed E-state index contributed by atoms with van der Waals surface area (Å²) < 4.78 is 16.8. The predicted molar refractivity (Wildman–Crippen MR) is 320 cm³/mol. The highest BCUT2D eigenvalue weighted by Crippen LogP contribution is 2.12. The Hall–Kier alpha value is -4.97. The van der Waals surface area contributed by atoms with E-state index in [9.17, 15) is 14.4 Å². The van der Waals surface area contributed by atoms with Crippen LogP contribution >= 0.6 is 0 Å². The van der Waals surface area contributed by atoms with E-state index in [1.54, 1.807) is 0 Å². The van der Waals surface area contributed by atoms with E-state index in [0.717, 1.165) is 154 Å². The van der Waals surface area contributed by atoms with Crippen molar-refractivity contribution in [1.82, 2.24) is 0 Å². The Balaban J connectivity index is 4.47. The van der Waals surface area contributed by atoms with Crippen molar-refractivity contribution in [3.8, 4) is 0 Å². The lowest BCUT2D eigenvalue weighted by Crippen LogP contribution is -2.30. The quantitative estimate of drug-likeness (QED) is 0.0261. The zero-order valence-corrected chi connectivity index (χ0v) is 47.3. The standard InChI is InChI=1S/C68H106O6/c1-4-7-10-13-16-19-22-25-27-29-30-31-32-33-34-35-36-37-38-39-41-43-46-49-52-55-58-61-67(70)73-64-65(63-72-66(69)60-57-54-51-48-45-42-24-21-18-15-12-9-6-3)74-68(71)62-59-56-53-50-47-44-40-28-26-23-20-17-14-11-8-5-2/h7,9-10,12,16,18-21,23,25,27-28,30-31,33-34,36-37,39-42,45,51,54,65H,4-6,8,11,13-15,17,22,24,26,29,32,35,38,43-44,46-50,52-53,55-64H2,1-3H3/b10-7-,12-9-,19-16-,21-18-,23-20-,27-25-,31-30-,34-33-,37-36-,40-28-,41-39-,45-42-,54-51-. The van der Waals surface area contributed by atoms with Crippen LogP contribution in [-0.4, -0.2) is 37.2 Å². The van der Waals surface area contributed by atoms with Gasteiger partial charge in [0, 0.05) is 19.3 Å². The van der Waals surface area contributed by atoms with Gasteiger partial charge in [0.15, 0.2) is 6.10 Å². The van der Waals surface area contributed by atoms with E-state index in [2.05, 4.69) is 167 Å². The average molecular weight is 1020 g/mol. The number of hydrogen-bond acceptors (Lipinski definition) is 6. The molecule has 0 aliphatic heterocycles. The summed E-state index contributed by atoms with van der Waals surface area (Å²) in [6, 6.07) is 0. The first-order valence-electron chi connectivity index (χ1n) is 29.5. The van der Waals surface area contributed by atoms with Crippen LogP contribution in [0.3, 0.4) is 0 Å². The third-order valence-electron chi connectivity index (χ3n) is 11.8. The molecule has 0 rings (SSSR count). The summed E-state index contributed by atoms with van der Waals surface area (Å²) in [6.07, 6.45) is 88.2. The molecular weight excluding hydrogens is 913 g/mol. The maximum absolute atomic E-state index is 12.8. The third kappa shape index (κ3) is 57.9. The van der Waals surface area contributed by atoms with Gasteiger partial charge >= 0.3 is 17.9 Å². The van der Waals surface area contributed by atoms with Crippen molar-refractivity contribution in [2.75, 3.05) is 13.2 Å². The molecule has 6 nitrogen and oxygen atoms in total. The molecule has 0 aromatic carbocycles. The van der Waals surface area contributed by atoms with Gasteiger partial charge in [0.25, 0.3) is 0 Å². The number of carbonyl (C=O) groups excluding carboxylic acids is 3. The van der Waals surface area contributed by atoms with Gasteiger partial charge in [-0.25, -0.2) is 0 Å². The van der Waals surface area contributed by atoms with Crippen LogP contribution in [0.4, 0.5) is 0 Å². The predicted octanol–water partition coefficient (Wildman–Crippen LogP) is 20.1. The van der Waals surface area contributed by atoms with Crippen LogP contribution in [0, 0.1) is 0 Å². The normalized spacial score (nSPS) is 13.3. The summed E-state index contributed by atoms with van der Waals surface area (Å²) in [5, 5.41) is 0. The summed E-state index contributed by atoms with van der Waals surface area (Å²) in [5.41, 5.74) is 0. The number of esters is 3. The fourth-order valence-corrected chi connectivity index (χ4v) is 7.41. The number of unbranched alkanes of at least 4 members (excludes halogenated alkanes) is 14. The molecule has 0 aromatic heterocycles. The molecule has 6 heteroatoms. The van der Waals surface area contributed by atoms with Gasteiger partial charge in [-0.2, -0.15) is 0 Å². The number of allylic oxidation sites excluding steroid dienone is 26. The Morgan fingerprint density at radius 3 is 0.905 bits per heavy atom. The van der Waals surface area contributed by atoms with Gasteiger partial charge in [0.2, 0.25) is 0 Å². The molecule has 0 saturated heterocycles. The van der Waals surface area contributed by atoms with Crippen LogP contribution in [0.15, 0.2) is 158 Å². The molecule has 0 heterocycles. The summed E-state index contributed by atoms with van der Waals surface area (Å²) in [7, 11) is 0. The molecule has 1 atom stereocenters. The molecule has 0 aliphatic carbocycles. The molecule has 0 N–H and O–H groups in total. The van der Waals surface area contributed by atoms with Crippen molar-refractivity contribution in [3.05, 3.63) is 158 Å². The van der Waals surface area contributed by atoms with Crippen molar-refractivity contribution in [2.45, 2.75) is 239 Å². The molecular formula is C68H106O6. The Morgan fingerprint density at radius 2 is 0.554 bits per heavy atom. The smallest absolute Gasteiger partial charge is 0.306 e. The van der Waals surface area contributed by atoms with E-state index >= 15 is 0 Å². The van der Waals surface area contributed by atoms with E-state index in [0.29, 0.717) is 12.8 Å². The Bertz CT molecular complexity index is 1690. The molecule has 0 bridgehead atoms. The van der Waals surface area contributed by atoms with E-state index in [-0.39, 0.29) is 44.0 Å². The molecule has 0 aromatic rings. The minimum Gasteiger partial charge on any atom is -0.462 e. The Labute approximate surface area is 454 Å². The topological polar surface area (TPSA) is 78.9 Å². The molecule has 0 fully saturated rings. The highest BCUT2D eigenvalue weighted by molar-refractivity contribution is 5.71. The third-order valence-corrected chi connectivity index (χ3v) is 11.8. The zero-order valence-electron chi connectivity index (χ0n) is 47.3. The van der Waals surface area contributed by atoms with Gasteiger partial charge in [-0.3, -0.25) is 14.4 Å². The van der Waals surface area contributed by atoms with Crippen LogP contribution in [0.1, 0.15) is 233 Å². The average Bonchev–Trinajstić information content (AvgIpc) is 3.40. The summed E-state index contributed by atoms with van der Waals surface area (Å²) >= 11 is 0. The minimum atomic E-state index is -0.831. The first-order chi connectivity index (χ1) is 36.5. The number of carbonyl (C=O) groups is 3. The van der Waals surface area contributed by atoms with Crippen molar-refractivity contribution in [1.29, 1.82) is 0 Å². The molecule has 1 unspecified atom stereocenters. The van der Waals surface area contributed by atoms with Crippen LogP contribution in [0.2, 0.25) is 0 Å². The number of ether oxygens (including phenoxy) is 3. The van der Waals surface area contributed by atoms with Crippen molar-refractivity contribution < 1.29 is 28.6 Å². The molecule has 74 heavy (non-hydrogen) atoms. The molecule has 414 valence electrons. The molecule has 0 amide bonds. The van der Waals surface area contributed by atoms with Crippen LogP contribution < -0.4 is 0 Å². The van der Waals surface area contributed by atoms with Gasteiger partial charge in [-0.1, -0.05) is 237 Å². The summed E-state index contributed by atoms with van der Waals surface area (Å²) in [6.45, 7) is 6.28. The maximum Gasteiger partial charge on any atom is 0.306 e. The van der Waals surface area contributed by atoms with E-state index < -0.39 is 6.10 Å². The van der Waals surface area contributed by atoms with Crippen molar-refractivity contribution >= 4 is 17.9 Å². The lowest BCUT2D eigenvalue weighted by atomic mass is 10.1. The van der Waals surface area contributed by atoms with Gasteiger partial charge in [0.1, 0.15) is 13.2 Å². The van der Waals surface area contributed by atoms with E-state index in [1.165, 1.54) is 32.1 Å². The van der Waals surface area contributed by atoms with Gasteiger partial charge in [-0.05, 0) is 135 Å². The van der Waals surface area contributed by atoms with Crippen LogP contribution in [0.5, 0.6) is 0 Å². The Kier molecular flexibility index (Phi) is 56.5. The lowest BCUT2D eigenvalue weighted by molar-refractivity contribution is -0.166. The highest BCUT2D eigenvalue weighted by Gasteiger charge is 2.19. The number of rotatable bonds is 51. The Morgan fingerprint density at radius 1 is 0.284 bits per heavy atom. The SMILES string of the molecule is CC/C=C\C/C=C\C/C=C\C/C=C\C/C=C\C/C=C\C/C=C\CCCCCCCC(=O)OCC(COC(=O)CC/C=C\C/C=C\C/C=C\C/C=C\CC)OC(=O)CCCCCCC/C=C\C/C=C\CCCCCC. The van der Waals surface area contributed by atoms with Crippen molar-refractivity contribution in [2.24, 2.45) is 0 Å². The fourth-order valence-electron chi connectivity index (χ4n) is 7.41. The van der Waals surface area contributed by atoms with Gasteiger partial charge in [0.05, 0.1) is 0 Å². The molecule has 0 radical (unpaired) electrons. The van der Waals surface area contributed by atoms with Crippen molar-refractivity contribution in [3.63, 3.8) is 0 Å². The summed E-state index contributed by atoms with van der Waals surface area (Å²) in [4.78, 5) is 38.1. The van der Waals surface area contributed by atoms with E-state index in [4.69, 9.17) is 14.2 Å². The monoisotopic (exact) mass is 1020 g/mol. The minimum absolute atomic E-state index is 0.123. The second-order valence-electron chi connectivity index (χ2n) is 18.8. The van der Waals surface area contributed by atoms with Crippen LogP contribution in [-0.2, 0) is 28.6 Å². The first-order valence-corrected chi connectivity index (χ1v) is 29.5. The molecule has 0 spiro atoms. The number of hydrogen-bond donors (Lipinski definition) is 0. The fraction of sp³-hybridized carbons (Fsp3) is 0.574.